The summed E-state index contributed by atoms with van der Waals surface area (Å²) in [7, 11) is 0. The van der Waals surface area contributed by atoms with Crippen molar-refractivity contribution >= 4 is 61.1 Å². The Bertz CT molecular complexity index is 4150. The highest BCUT2D eigenvalue weighted by molar-refractivity contribution is 7.99. The lowest BCUT2D eigenvalue weighted by atomic mass is 9.66. The number of ether oxygens (including phenoxy) is 1. The number of hydrogen-bond donors (Lipinski definition) is 0. The number of anilines is 3. The maximum Gasteiger partial charge on any atom is 0.132 e. The molecule has 2 aliphatic heterocycles. The van der Waals surface area contributed by atoms with E-state index < -0.39 is 10.8 Å². The Morgan fingerprint density at radius 1 is 0.268 bits per heavy atom. The normalized spacial score (nSPS) is 14.5. The second-order valence-corrected chi connectivity index (χ2v) is 20.5. The SMILES string of the molecule is c1ccc2c(c1)Oc1ccccc1C21c2ccccc2-c2ccc(N(c3ccc4c(c3)-c3ccccc3C43c4ccccc4Sc4ccccc43)c3ccc4c5ccccc5c5ccccc5c4c3)cc21. The molecule has 2 spiro atoms. The zero-order valence-electron chi connectivity index (χ0n) is 38.4. The predicted octanol–water partition coefficient (Wildman–Crippen LogP) is 17.9. The lowest BCUT2D eigenvalue weighted by Crippen LogP contribution is -2.32. The molecule has 0 N–H and O–H groups in total. The van der Waals surface area contributed by atoms with Gasteiger partial charge in [0.05, 0.1) is 10.8 Å². The maximum absolute atomic E-state index is 6.77. The highest BCUT2D eigenvalue weighted by Crippen LogP contribution is 2.65. The van der Waals surface area contributed by atoms with Crippen LogP contribution in [0.4, 0.5) is 17.1 Å². The van der Waals surface area contributed by atoms with E-state index in [2.05, 4.69) is 254 Å². The fourth-order valence-corrected chi connectivity index (χ4v) is 14.6. The van der Waals surface area contributed by atoms with Gasteiger partial charge in [-0.05, 0) is 149 Å². The molecule has 0 unspecified atom stereocenters. The Morgan fingerprint density at radius 2 is 0.662 bits per heavy atom. The van der Waals surface area contributed by atoms with Crippen LogP contribution in [-0.2, 0) is 10.8 Å². The van der Waals surface area contributed by atoms with Crippen molar-refractivity contribution in [3.8, 4) is 33.8 Å². The highest BCUT2D eigenvalue weighted by atomic mass is 32.2. The van der Waals surface area contributed by atoms with E-state index in [4.69, 9.17) is 4.74 Å². The Labute approximate surface area is 416 Å². The molecular formula is C68H41NOS. The van der Waals surface area contributed by atoms with E-state index in [1.54, 1.807) is 0 Å². The van der Waals surface area contributed by atoms with Crippen molar-refractivity contribution in [3.05, 3.63) is 293 Å². The van der Waals surface area contributed by atoms with Crippen LogP contribution in [0.1, 0.15) is 44.5 Å². The zero-order valence-corrected chi connectivity index (χ0v) is 39.3. The summed E-state index contributed by atoms with van der Waals surface area (Å²) in [4.78, 5) is 5.13. The van der Waals surface area contributed by atoms with Crippen LogP contribution in [-0.4, -0.2) is 0 Å². The van der Waals surface area contributed by atoms with Gasteiger partial charge in [0.2, 0.25) is 0 Å². The van der Waals surface area contributed by atoms with E-state index in [0.717, 1.165) is 39.7 Å². The van der Waals surface area contributed by atoms with Crippen LogP contribution >= 0.6 is 11.8 Å². The summed E-state index contributed by atoms with van der Waals surface area (Å²) in [6.07, 6.45) is 0. The van der Waals surface area contributed by atoms with Gasteiger partial charge in [-0.25, -0.2) is 0 Å². The van der Waals surface area contributed by atoms with Gasteiger partial charge >= 0.3 is 0 Å². The van der Waals surface area contributed by atoms with Gasteiger partial charge in [0, 0.05) is 38.0 Å². The summed E-state index contributed by atoms with van der Waals surface area (Å²) >= 11 is 1.89. The summed E-state index contributed by atoms with van der Waals surface area (Å²) < 4.78 is 6.77. The largest absolute Gasteiger partial charge is 0.457 e. The molecule has 0 radical (unpaired) electrons. The molecule has 0 saturated heterocycles. The van der Waals surface area contributed by atoms with E-state index in [-0.39, 0.29) is 0 Å². The summed E-state index contributed by atoms with van der Waals surface area (Å²) in [5.41, 5.74) is 17.4. The van der Waals surface area contributed by atoms with E-state index >= 15 is 0 Å². The highest BCUT2D eigenvalue weighted by Gasteiger charge is 2.52. The first-order valence-electron chi connectivity index (χ1n) is 24.6. The van der Waals surface area contributed by atoms with Crippen molar-refractivity contribution in [1.82, 2.24) is 0 Å². The molecule has 16 rings (SSSR count). The van der Waals surface area contributed by atoms with E-state index in [9.17, 15) is 0 Å². The second kappa shape index (κ2) is 14.5. The molecule has 2 aliphatic carbocycles. The van der Waals surface area contributed by atoms with Gasteiger partial charge in [-0.1, -0.05) is 200 Å². The van der Waals surface area contributed by atoms with Crippen molar-refractivity contribution in [2.24, 2.45) is 0 Å². The molecule has 4 aliphatic rings. The first-order chi connectivity index (χ1) is 35.2. The number of para-hydroxylation sites is 2. The van der Waals surface area contributed by atoms with Crippen LogP contribution in [0, 0.1) is 0 Å². The summed E-state index contributed by atoms with van der Waals surface area (Å²) in [5.74, 6) is 1.78. The van der Waals surface area contributed by atoms with Crippen molar-refractivity contribution in [3.63, 3.8) is 0 Å². The van der Waals surface area contributed by atoms with Crippen molar-refractivity contribution < 1.29 is 4.74 Å². The predicted molar refractivity (Wildman–Crippen MR) is 292 cm³/mol. The molecule has 2 nitrogen and oxygen atoms in total. The van der Waals surface area contributed by atoms with Gasteiger partial charge in [-0.15, -0.1) is 0 Å². The zero-order chi connectivity index (χ0) is 46.4. The third kappa shape index (κ3) is 5.08. The fraction of sp³-hybridized carbons (Fsp3) is 0.0294. The standard InChI is InChI=1S/C68H41NOS/c1-2-19-47-45(17-1)46-18-3-4-20-48(46)53-39-42(33-36-49(47)53)69(43-35-38-57-54(40-43)51-22-6-8-24-56(51)67(57)60-27-11-15-31-65(60)71-66-32-16-12-28-61(66)67)44-34-37-52-50-21-5-7-23-55(50)68(62(52)41-44)58-25-9-13-29-63(58)70-64-30-14-10-26-59(64)68/h1-41H. The van der Waals surface area contributed by atoms with Crippen LogP contribution in [0.25, 0.3) is 54.6 Å². The minimum atomic E-state index is -0.611. The van der Waals surface area contributed by atoms with Gasteiger partial charge in [-0.3, -0.25) is 0 Å². The smallest absolute Gasteiger partial charge is 0.132 e. The molecule has 71 heavy (non-hydrogen) atoms. The quantitative estimate of drug-likeness (QED) is 0.164. The van der Waals surface area contributed by atoms with Crippen LogP contribution in [0.3, 0.4) is 0 Å². The Hall–Kier alpha value is -8.63. The van der Waals surface area contributed by atoms with Crippen molar-refractivity contribution in [2.45, 2.75) is 20.6 Å². The average Bonchev–Trinajstić information content (AvgIpc) is 3.88. The van der Waals surface area contributed by atoms with Gasteiger partial charge < -0.3 is 9.64 Å². The molecular weight excluding hydrogens is 879 g/mol. The van der Waals surface area contributed by atoms with Crippen LogP contribution in [0.5, 0.6) is 11.5 Å². The monoisotopic (exact) mass is 919 g/mol. The number of benzene rings is 12. The number of hydrogen-bond acceptors (Lipinski definition) is 3. The van der Waals surface area contributed by atoms with Crippen molar-refractivity contribution in [2.75, 3.05) is 4.90 Å². The molecule has 0 aromatic heterocycles. The molecule has 0 amide bonds. The molecule has 3 heteroatoms. The lowest BCUT2D eigenvalue weighted by molar-refractivity contribution is 0.436. The third-order valence-electron chi connectivity index (χ3n) is 16.2. The Morgan fingerprint density at radius 3 is 1.28 bits per heavy atom. The molecule has 0 atom stereocenters. The van der Waals surface area contributed by atoms with Crippen LogP contribution in [0.2, 0.25) is 0 Å². The number of nitrogens with zero attached hydrogens (tertiary/aromatic N) is 1. The number of rotatable bonds is 3. The van der Waals surface area contributed by atoms with Gasteiger partial charge in [0.15, 0.2) is 0 Å². The number of fused-ring (bicyclic) bond motifs is 24. The maximum atomic E-state index is 6.77. The van der Waals surface area contributed by atoms with E-state index in [1.165, 1.54) is 97.7 Å². The molecule has 330 valence electrons. The van der Waals surface area contributed by atoms with E-state index in [0.29, 0.717) is 0 Å². The van der Waals surface area contributed by atoms with Crippen molar-refractivity contribution in [1.29, 1.82) is 0 Å². The lowest BCUT2D eigenvalue weighted by Gasteiger charge is -2.40. The van der Waals surface area contributed by atoms with Crippen LogP contribution in [0.15, 0.2) is 259 Å². The fourth-order valence-electron chi connectivity index (χ4n) is 13.4. The molecule has 0 fully saturated rings. The molecule has 12 aromatic carbocycles. The third-order valence-corrected chi connectivity index (χ3v) is 17.3. The van der Waals surface area contributed by atoms with Gasteiger partial charge in [-0.2, -0.15) is 0 Å². The Balaban J connectivity index is 0.991. The minimum absolute atomic E-state index is 0.466. The van der Waals surface area contributed by atoms with Crippen LogP contribution < -0.4 is 9.64 Å². The summed E-state index contributed by atoms with van der Waals surface area (Å²) in [6.45, 7) is 0. The second-order valence-electron chi connectivity index (χ2n) is 19.4. The topological polar surface area (TPSA) is 12.5 Å². The molecule has 12 aromatic rings. The summed E-state index contributed by atoms with van der Waals surface area (Å²) in [6, 6.07) is 93.0. The van der Waals surface area contributed by atoms with E-state index in [1.807, 2.05) is 11.8 Å². The molecule has 0 bridgehead atoms. The van der Waals surface area contributed by atoms with Gasteiger partial charge in [0.1, 0.15) is 11.5 Å². The first kappa shape index (κ1) is 39.2. The first-order valence-corrected chi connectivity index (χ1v) is 25.4. The minimum Gasteiger partial charge on any atom is -0.457 e. The summed E-state index contributed by atoms with van der Waals surface area (Å²) in [5, 5.41) is 7.53. The average molecular weight is 920 g/mol. The molecule has 0 saturated carbocycles. The van der Waals surface area contributed by atoms with Gasteiger partial charge in [0.25, 0.3) is 0 Å². The Kier molecular flexibility index (Phi) is 7.99. The molecule has 2 heterocycles.